The maximum atomic E-state index is 12.5. The van der Waals surface area contributed by atoms with Crippen molar-refractivity contribution < 1.29 is 9.53 Å². The van der Waals surface area contributed by atoms with Crippen molar-refractivity contribution in [1.29, 1.82) is 0 Å². The number of nitrogens with one attached hydrogen (secondary N) is 5. The zero-order valence-electron chi connectivity index (χ0n) is 12.1. The van der Waals surface area contributed by atoms with Gasteiger partial charge in [0.2, 0.25) is 0 Å². The Morgan fingerprint density at radius 3 is 2.61 bits per heavy atom. The summed E-state index contributed by atoms with van der Waals surface area (Å²) in [5, 5.41) is 3.29. The average molecular weight is 334 g/mol. The Kier molecular flexibility index (Phi) is 5.06. The van der Waals surface area contributed by atoms with Crippen LogP contribution in [0.15, 0.2) is 48.5 Å². The topological polar surface area (TPSA) is 86.5 Å². The number of anilines is 1. The van der Waals surface area contributed by atoms with E-state index < -0.39 is 0 Å². The van der Waals surface area contributed by atoms with Crippen LogP contribution in [0.2, 0.25) is 5.02 Å². The molecule has 0 aliphatic carbocycles. The molecule has 1 fully saturated rings. The van der Waals surface area contributed by atoms with E-state index in [0.717, 1.165) is 0 Å². The maximum Gasteiger partial charge on any atom is 0.259 e. The SMILES string of the molecule is O=C(Nc1ccccc1)c1cc(Cl)ccc1OCC1NNNN1. The van der Waals surface area contributed by atoms with Gasteiger partial charge in [0.05, 0.1) is 5.56 Å². The van der Waals surface area contributed by atoms with Crippen LogP contribution < -0.4 is 32.0 Å². The summed E-state index contributed by atoms with van der Waals surface area (Å²) >= 11 is 6.01. The van der Waals surface area contributed by atoms with E-state index in [1.165, 1.54) is 0 Å². The highest BCUT2D eigenvalue weighted by molar-refractivity contribution is 6.31. The number of halogens is 1. The molecule has 0 aromatic heterocycles. The highest BCUT2D eigenvalue weighted by atomic mass is 35.5. The van der Waals surface area contributed by atoms with Crippen LogP contribution in [-0.4, -0.2) is 18.7 Å². The number of para-hydroxylation sites is 1. The molecular formula is C15H16ClN5O2. The van der Waals surface area contributed by atoms with Gasteiger partial charge in [0.25, 0.3) is 5.91 Å². The molecule has 1 aliphatic heterocycles. The number of hydrazine groups is 3. The molecule has 2 aromatic carbocycles. The summed E-state index contributed by atoms with van der Waals surface area (Å²) in [5.74, 6) is 0.177. The van der Waals surface area contributed by atoms with Gasteiger partial charge in [-0.05, 0) is 30.3 Å². The largest absolute Gasteiger partial charge is 0.490 e. The monoisotopic (exact) mass is 333 g/mol. The van der Waals surface area contributed by atoms with Gasteiger partial charge in [-0.25, -0.2) is 10.9 Å². The fourth-order valence-corrected chi connectivity index (χ4v) is 2.24. The molecule has 1 amide bonds. The first-order valence-corrected chi connectivity index (χ1v) is 7.40. The third-order valence-corrected chi connectivity index (χ3v) is 3.41. The van der Waals surface area contributed by atoms with Crippen LogP contribution in [0, 0.1) is 0 Å². The lowest BCUT2D eigenvalue weighted by molar-refractivity contribution is 0.102. The Morgan fingerprint density at radius 1 is 1.13 bits per heavy atom. The van der Waals surface area contributed by atoms with E-state index >= 15 is 0 Å². The second-order valence-electron chi connectivity index (χ2n) is 4.86. The van der Waals surface area contributed by atoms with Gasteiger partial charge < -0.3 is 10.1 Å². The quantitative estimate of drug-likeness (QED) is 0.569. The number of amides is 1. The Balaban J connectivity index is 1.73. The van der Waals surface area contributed by atoms with E-state index in [-0.39, 0.29) is 12.1 Å². The van der Waals surface area contributed by atoms with Crippen molar-refractivity contribution in [3.8, 4) is 5.75 Å². The number of rotatable bonds is 5. The van der Waals surface area contributed by atoms with Crippen LogP contribution in [0.4, 0.5) is 5.69 Å². The zero-order chi connectivity index (χ0) is 16.1. The molecule has 23 heavy (non-hydrogen) atoms. The lowest BCUT2D eigenvalue weighted by Crippen LogP contribution is -2.39. The highest BCUT2D eigenvalue weighted by Gasteiger charge is 2.17. The predicted molar refractivity (Wildman–Crippen MR) is 87.7 cm³/mol. The molecular weight excluding hydrogens is 318 g/mol. The predicted octanol–water partition coefficient (Wildman–Crippen LogP) is 1.41. The zero-order valence-corrected chi connectivity index (χ0v) is 12.9. The molecule has 1 aliphatic rings. The molecule has 5 N–H and O–H groups in total. The summed E-state index contributed by atoms with van der Waals surface area (Å²) in [7, 11) is 0. The first-order valence-electron chi connectivity index (χ1n) is 7.02. The summed E-state index contributed by atoms with van der Waals surface area (Å²) < 4.78 is 5.71. The van der Waals surface area contributed by atoms with Gasteiger partial charge >= 0.3 is 0 Å². The van der Waals surface area contributed by atoms with Crippen molar-refractivity contribution in [3.05, 3.63) is 59.1 Å². The summed E-state index contributed by atoms with van der Waals surface area (Å²) in [4.78, 5) is 12.5. The fourth-order valence-electron chi connectivity index (χ4n) is 2.06. The summed E-state index contributed by atoms with van der Waals surface area (Å²) in [6.45, 7) is 0.313. The lowest BCUT2D eigenvalue weighted by Gasteiger charge is -2.14. The van der Waals surface area contributed by atoms with Crippen LogP contribution in [0.1, 0.15) is 10.4 Å². The van der Waals surface area contributed by atoms with E-state index in [4.69, 9.17) is 16.3 Å². The number of carbonyl (C=O) groups is 1. The molecule has 0 saturated carbocycles. The molecule has 0 spiro atoms. The van der Waals surface area contributed by atoms with E-state index in [9.17, 15) is 4.79 Å². The fraction of sp³-hybridized carbons (Fsp3) is 0.133. The van der Waals surface area contributed by atoms with Crippen LogP contribution in [-0.2, 0) is 0 Å². The Labute approximate surface area is 138 Å². The van der Waals surface area contributed by atoms with Crippen molar-refractivity contribution in [2.75, 3.05) is 11.9 Å². The molecule has 0 atom stereocenters. The first-order chi connectivity index (χ1) is 11.2. The van der Waals surface area contributed by atoms with Crippen LogP contribution in [0.5, 0.6) is 5.75 Å². The first kappa shape index (κ1) is 15.7. The van der Waals surface area contributed by atoms with Crippen molar-refractivity contribution in [3.63, 3.8) is 0 Å². The molecule has 0 bridgehead atoms. The van der Waals surface area contributed by atoms with Crippen molar-refractivity contribution in [2.45, 2.75) is 6.17 Å². The second kappa shape index (κ2) is 7.40. The molecule has 120 valence electrons. The van der Waals surface area contributed by atoms with E-state index in [0.29, 0.717) is 28.6 Å². The molecule has 3 rings (SSSR count). The van der Waals surface area contributed by atoms with Crippen molar-refractivity contribution >= 4 is 23.2 Å². The highest BCUT2D eigenvalue weighted by Crippen LogP contribution is 2.24. The third-order valence-electron chi connectivity index (χ3n) is 3.18. The minimum atomic E-state index is -0.280. The third kappa shape index (κ3) is 4.19. The van der Waals surface area contributed by atoms with Gasteiger partial charge in [-0.1, -0.05) is 29.8 Å². The minimum absolute atomic E-state index is 0.129. The van der Waals surface area contributed by atoms with Gasteiger partial charge in [-0.15, -0.1) is 0 Å². The number of carbonyl (C=O) groups excluding carboxylic acids is 1. The minimum Gasteiger partial charge on any atom is -0.490 e. The molecule has 2 aromatic rings. The van der Waals surface area contributed by atoms with Gasteiger partial charge in [0, 0.05) is 10.7 Å². The standard InChI is InChI=1S/C15H16ClN5O2/c16-10-6-7-13(23-9-14-18-20-21-19-14)12(8-10)15(22)17-11-4-2-1-3-5-11/h1-8,14,18-21H,9H2,(H,17,22). The molecule has 8 heteroatoms. The lowest BCUT2D eigenvalue weighted by atomic mass is 10.2. The average Bonchev–Trinajstić information content (AvgIpc) is 3.08. The van der Waals surface area contributed by atoms with Gasteiger partial charge in [-0.2, -0.15) is 11.1 Å². The van der Waals surface area contributed by atoms with E-state index in [1.54, 1.807) is 18.2 Å². The number of hydrogen-bond donors (Lipinski definition) is 5. The maximum absolute atomic E-state index is 12.5. The summed E-state index contributed by atoms with van der Waals surface area (Å²) in [6.07, 6.45) is -0.129. The van der Waals surface area contributed by atoms with Crippen molar-refractivity contribution in [1.82, 2.24) is 21.9 Å². The number of ether oxygens (including phenoxy) is 1. The van der Waals surface area contributed by atoms with Crippen LogP contribution in [0.25, 0.3) is 0 Å². The normalized spacial score (nSPS) is 14.7. The van der Waals surface area contributed by atoms with E-state index in [1.807, 2.05) is 30.3 Å². The Morgan fingerprint density at radius 2 is 1.87 bits per heavy atom. The van der Waals surface area contributed by atoms with Crippen molar-refractivity contribution in [2.24, 2.45) is 0 Å². The van der Waals surface area contributed by atoms with Gasteiger partial charge in [-0.3, -0.25) is 4.79 Å². The van der Waals surface area contributed by atoms with Crippen LogP contribution in [0.3, 0.4) is 0 Å². The van der Waals surface area contributed by atoms with Gasteiger partial charge in [0.15, 0.2) is 0 Å². The number of hydrogen-bond acceptors (Lipinski definition) is 6. The Bertz CT molecular complexity index is 677. The summed E-state index contributed by atoms with van der Waals surface area (Å²) in [5.41, 5.74) is 12.3. The molecule has 7 nitrogen and oxygen atoms in total. The molecule has 1 saturated heterocycles. The summed E-state index contributed by atoms with van der Waals surface area (Å²) in [6, 6.07) is 14.2. The van der Waals surface area contributed by atoms with Gasteiger partial charge in [0.1, 0.15) is 18.5 Å². The number of benzene rings is 2. The van der Waals surface area contributed by atoms with E-state index in [2.05, 4.69) is 27.2 Å². The smallest absolute Gasteiger partial charge is 0.259 e. The molecule has 1 heterocycles. The second-order valence-corrected chi connectivity index (χ2v) is 5.30. The van der Waals surface area contributed by atoms with Crippen LogP contribution >= 0.6 is 11.6 Å². The Hall–Kier alpha value is -2.16. The molecule has 0 radical (unpaired) electrons. The molecule has 0 unspecified atom stereocenters.